The van der Waals surface area contributed by atoms with Crippen LogP contribution >= 0.6 is 0 Å². The topological polar surface area (TPSA) is 68.8 Å². The van der Waals surface area contributed by atoms with Gasteiger partial charge in [-0.2, -0.15) is 5.10 Å². The maximum atomic E-state index is 13.2. The van der Waals surface area contributed by atoms with Crippen molar-refractivity contribution >= 4 is 16.9 Å². The average Bonchev–Trinajstić information content (AvgIpc) is 3.31. The third-order valence-electron chi connectivity index (χ3n) is 4.22. The summed E-state index contributed by atoms with van der Waals surface area (Å²) in [4.78, 5) is 8.69. The first kappa shape index (κ1) is 16.3. The smallest absolute Gasteiger partial charge is 0.168 e. The van der Waals surface area contributed by atoms with Gasteiger partial charge in [0.15, 0.2) is 5.65 Å². The van der Waals surface area contributed by atoms with Gasteiger partial charge in [0.2, 0.25) is 0 Å². The van der Waals surface area contributed by atoms with Crippen molar-refractivity contribution in [1.29, 1.82) is 0 Å². The Morgan fingerprint density at radius 2 is 2.04 bits per heavy atom. The lowest BCUT2D eigenvalue weighted by molar-refractivity contribution is 0.495. The van der Waals surface area contributed by atoms with Crippen molar-refractivity contribution in [3.8, 4) is 5.69 Å². The summed E-state index contributed by atoms with van der Waals surface area (Å²) in [6, 6.07) is 10.2. The molecule has 3 aromatic heterocycles. The second kappa shape index (κ2) is 6.95. The van der Waals surface area contributed by atoms with Crippen LogP contribution in [0.2, 0.25) is 0 Å². The minimum Gasteiger partial charge on any atom is -0.469 e. The zero-order valence-electron chi connectivity index (χ0n) is 14.3. The van der Waals surface area contributed by atoms with Crippen molar-refractivity contribution in [3.63, 3.8) is 0 Å². The molecular weight excluding hydrogens is 333 g/mol. The molecule has 7 heteroatoms. The number of rotatable bonds is 6. The zero-order valence-corrected chi connectivity index (χ0v) is 14.3. The number of aryl methyl sites for hydroxylation is 1. The van der Waals surface area contributed by atoms with Gasteiger partial charge in [-0.15, -0.1) is 0 Å². The summed E-state index contributed by atoms with van der Waals surface area (Å²) in [6.07, 6.45) is 6.67. The first-order chi connectivity index (χ1) is 12.7. The second-order valence-electron chi connectivity index (χ2n) is 6.16. The first-order valence-electron chi connectivity index (χ1n) is 8.44. The highest BCUT2D eigenvalue weighted by Gasteiger charge is 2.13. The highest BCUT2D eigenvalue weighted by molar-refractivity contribution is 5.87. The molecule has 0 fully saturated rings. The summed E-state index contributed by atoms with van der Waals surface area (Å²) in [5.74, 6) is 1.42. The molecule has 0 aliphatic carbocycles. The van der Waals surface area contributed by atoms with E-state index in [0.717, 1.165) is 35.5 Å². The molecule has 0 saturated carbocycles. The van der Waals surface area contributed by atoms with Crippen LogP contribution in [0.15, 0.2) is 59.6 Å². The number of anilines is 1. The zero-order chi connectivity index (χ0) is 17.9. The molecule has 4 aromatic rings. The van der Waals surface area contributed by atoms with Crippen molar-refractivity contribution < 1.29 is 8.81 Å². The molecule has 0 saturated heterocycles. The minimum absolute atomic E-state index is 0.201. The molecule has 0 aliphatic rings. The van der Waals surface area contributed by atoms with Crippen LogP contribution in [0.5, 0.6) is 0 Å². The van der Waals surface area contributed by atoms with Gasteiger partial charge in [-0.1, -0.05) is 0 Å². The van der Waals surface area contributed by atoms with Gasteiger partial charge in [0, 0.05) is 12.5 Å². The molecule has 1 atom stereocenters. The fraction of sp³-hybridized carbons (Fsp3) is 0.211. The van der Waals surface area contributed by atoms with Crippen LogP contribution in [-0.2, 0) is 6.42 Å². The standard InChI is InChI=1S/C19H18FN5O/c1-13(4-9-16-3-2-10-26-16)24-18-17-11-23-25(19(17)22-12-21-18)15-7-5-14(20)6-8-15/h2-3,5-8,10-13H,4,9H2,1H3,(H,21,22,24)/t13-/m0/s1. The highest BCUT2D eigenvalue weighted by Crippen LogP contribution is 2.23. The summed E-state index contributed by atoms with van der Waals surface area (Å²) in [5, 5.41) is 8.62. The lowest BCUT2D eigenvalue weighted by Crippen LogP contribution is -2.17. The van der Waals surface area contributed by atoms with Gasteiger partial charge in [-0.25, -0.2) is 19.0 Å². The molecule has 26 heavy (non-hydrogen) atoms. The van der Waals surface area contributed by atoms with Crippen LogP contribution in [-0.4, -0.2) is 25.8 Å². The van der Waals surface area contributed by atoms with E-state index in [2.05, 4.69) is 27.3 Å². The molecule has 0 radical (unpaired) electrons. The summed E-state index contributed by atoms with van der Waals surface area (Å²) in [7, 11) is 0. The van der Waals surface area contributed by atoms with Gasteiger partial charge in [0.05, 0.1) is 23.5 Å². The van der Waals surface area contributed by atoms with Gasteiger partial charge in [0.25, 0.3) is 0 Å². The number of aromatic nitrogens is 4. The second-order valence-corrected chi connectivity index (χ2v) is 6.16. The Bertz CT molecular complexity index is 995. The Morgan fingerprint density at radius 1 is 1.19 bits per heavy atom. The molecule has 132 valence electrons. The van der Waals surface area contributed by atoms with E-state index in [-0.39, 0.29) is 11.9 Å². The van der Waals surface area contributed by atoms with Crippen LogP contribution in [0.25, 0.3) is 16.7 Å². The predicted molar refractivity (Wildman–Crippen MR) is 96.7 cm³/mol. The number of hydrogen-bond acceptors (Lipinski definition) is 5. The van der Waals surface area contributed by atoms with Crippen LogP contribution < -0.4 is 5.32 Å². The lowest BCUT2D eigenvalue weighted by Gasteiger charge is -2.14. The van der Waals surface area contributed by atoms with Gasteiger partial charge < -0.3 is 9.73 Å². The minimum atomic E-state index is -0.285. The molecule has 0 unspecified atom stereocenters. The Balaban J connectivity index is 1.55. The SMILES string of the molecule is C[C@@H](CCc1ccco1)Nc1ncnc2c1cnn2-c1ccc(F)cc1. The van der Waals surface area contributed by atoms with Crippen LogP contribution in [0, 0.1) is 5.82 Å². The van der Waals surface area contributed by atoms with E-state index < -0.39 is 0 Å². The number of furan rings is 1. The Kier molecular flexibility index (Phi) is 4.35. The quantitative estimate of drug-likeness (QED) is 0.569. The molecule has 0 spiro atoms. The molecule has 0 aliphatic heterocycles. The van der Waals surface area contributed by atoms with E-state index >= 15 is 0 Å². The monoisotopic (exact) mass is 351 g/mol. The molecule has 1 N–H and O–H groups in total. The largest absolute Gasteiger partial charge is 0.469 e. The van der Waals surface area contributed by atoms with E-state index in [1.54, 1.807) is 29.3 Å². The predicted octanol–water partition coefficient (Wildman–Crippen LogP) is 3.98. The van der Waals surface area contributed by atoms with Gasteiger partial charge >= 0.3 is 0 Å². The van der Waals surface area contributed by atoms with Crippen molar-refractivity contribution in [1.82, 2.24) is 19.7 Å². The average molecular weight is 351 g/mol. The first-order valence-corrected chi connectivity index (χ1v) is 8.44. The van der Waals surface area contributed by atoms with Crippen molar-refractivity contribution in [2.45, 2.75) is 25.8 Å². The highest BCUT2D eigenvalue weighted by atomic mass is 19.1. The number of halogens is 1. The molecule has 6 nitrogen and oxygen atoms in total. The van der Waals surface area contributed by atoms with Crippen molar-refractivity contribution in [2.75, 3.05) is 5.32 Å². The van der Waals surface area contributed by atoms with E-state index in [1.807, 2.05) is 12.1 Å². The summed E-state index contributed by atoms with van der Waals surface area (Å²) in [6.45, 7) is 2.10. The maximum Gasteiger partial charge on any atom is 0.168 e. The fourth-order valence-electron chi connectivity index (χ4n) is 2.85. The fourth-order valence-corrected chi connectivity index (χ4v) is 2.85. The number of benzene rings is 1. The van der Waals surface area contributed by atoms with Gasteiger partial charge in [-0.05, 0) is 49.7 Å². The van der Waals surface area contributed by atoms with Gasteiger partial charge in [-0.3, -0.25) is 0 Å². The van der Waals surface area contributed by atoms with Gasteiger partial charge in [0.1, 0.15) is 23.7 Å². The Morgan fingerprint density at radius 3 is 2.81 bits per heavy atom. The van der Waals surface area contributed by atoms with Crippen molar-refractivity contribution in [3.05, 3.63) is 66.8 Å². The maximum absolute atomic E-state index is 13.2. The molecule has 4 rings (SSSR count). The molecule has 1 aromatic carbocycles. The van der Waals surface area contributed by atoms with Crippen LogP contribution in [0.1, 0.15) is 19.1 Å². The molecule has 3 heterocycles. The summed E-state index contributed by atoms with van der Waals surface area (Å²) >= 11 is 0. The Hall–Kier alpha value is -3.22. The normalized spacial score (nSPS) is 12.4. The lowest BCUT2D eigenvalue weighted by atomic mass is 10.1. The van der Waals surface area contributed by atoms with E-state index in [1.165, 1.54) is 18.5 Å². The van der Waals surface area contributed by atoms with Crippen LogP contribution in [0.4, 0.5) is 10.2 Å². The summed E-state index contributed by atoms with van der Waals surface area (Å²) < 4.78 is 20.2. The van der Waals surface area contributed by atoms with Crippen LogP contribution in [0.3, 0.4) is 0 Å². The number of fused-ring (bicyclic) bond motifs is 1. The number of hydrogen-bond donors (Lipinski definition) is 1. The molecular formula is C19H18FN5O. The molecule has 0 bridgehead atoms. The number of nitrogens with one attached hydrogen (secondary N) is 1. The van der Waals surface area contributed by atoms with E-state index in [4.69, 9.17) is 4.42 Å². The third kappa shape index (κ3) is 3.28. The number of nitrogens with zero attached hydrogens (tertiary/aromatic N) is 4. The summed E-state index contributed by atoms with van der Waals surface area (Å²) in [5.41, 5.74) is 1.42. The van der Waals surface area contributed by atoms with E-state index in [0.29, 0.717) is 5.65 Å². The molecule has 0 amide bonds. The Labute approximate surface area is 149 Å². The third-order valence-corrected chi connectivity index (χ3v) is 4.22. The van der Waals surface area contributed by atoms with Crippen molar-refractivity contribution in [2.24, 2.45) is 0 Å². The van der Waals surface area contributed by atoms with E-state index in [9.17, 15) is 4.39 Å².